The molecule has 1 aliphatic heterocycles. The van der Waals surface area contributed by atoms with Gasteiger partial charge in [0, 0.05) is 12.8 Å². The molecular weight excluding hydrogens is 396 g/mol. The lowest BCUT2D eigenvalue weighted by Crippen LogP contribution is -2.37. The number of hydrogen-bond acceptors (Lipinski definition) is 6. The molecule has 1 aliphatic rings. The van der Waals surface area contributed by atoms with Crippen molar-refractivity contribution in [3.05, 3.63) is 48.5 Å². The maximum atomic E-state index is 12.8. The third kappa shape index (κ3) is 4.75. The molecule has 3 rings (SSSR count). The Labute approximate surface area is 169 Å². The van der Waals surface area contributed by atoms with E-state index in [0.717, 1.165) is 4.90 Å². The van der Waals surface area contributed by atoms with Crippen molar-refractivity contribution in [3.63, 3.8) is 0 Å². The normalized spacial score (nSPS) is 15.4. The first-order chi connectivity index (χ1) is 13.8. The highest BCUT2D eigenvalue weighted by molar-refractivity contribution is 7.89. The van der Waals surface area contributed by atoms with Crippen molar-refractivity contribution in [2.75, 3.05) is 18.6 Å². The molecule has 1 heterocycles. The van der Waals surface area contributed by atoms with E-state index < -0.39 is 16.1 Å². The van der Waals surface area contributed by atoms with Gasteiger partial charge in [-0.25, -0.2) is 18.0 Å². The molecule has 0 radical (unpaired) electrons. The first-order valence-corrected chi connectivity index (χ1v) is 10.5. The highest BCUT2D eigenvalue weighted by atomic mass is 32.2. The number of anilines is 1. The van der Waals surface area contributed by atoms with E-state index in [2.05, 4.69) is 4.72 Å². The summed E-state index contributed by atoms with van der Waals surface area (Å²) in [6.45, 7) is 1.81. The van der Waals surface area contributed by atoms with E-state index in [-0.39, 0.29) is 47.6 Å². The zero-order valence-corrected chi connectivity index (χ0v) is 16.9. The molecule has 8 nitrogen and oxygen atoms in total. The zero-order chi connectivity index (χ0) is 21.0. The highest BCUT2D eigenvalue weighted by Gasteiger charge is 2.33. The highest BCUT2D eigenvalue weighted by Crippen LogP contribution is 2.34. The SMILES string of the molecule is COc1ccc(S(=O)(=O)NC(C)COc2ccccc2)cc1N1C(=O)CCC1=O. The number of ether oxygens (including phenoxy) is 2. The Balaban J connectivity index is 1.78. The number of benzene rings is 2. The molecule has 0 aromatic heterocycles. The minimum absolute atomic E-state index is 0.0765. The van der Waals surface area contributed by atoms with Gasteiger partial charge in [-0.3, -0.25) is 9.59 Å². The van der Waals surface area contributed by atoms with Gasteiger partial charge in [0.05, 0.1) is 23.7 Å². The van der Waals surface area contributed by atoms with Gasteiger partial charge in [-0.15, -0.1) is 0 Å². The van der Waals surface area contributed by atoms with Crippen LogP contribution in [0.2, 0.25) is 0 Å². The first kappa shape index (κ1) is 20.8. The number of rotatable bonds is 8. The summed E-state index contributed by atoms with van der Waals surface area (Å²) in [7, 11) is -2.52. The van der Waals surface area contributed by atoms with Crippen LogP contribution in [0, 0.1) is 0 Å². The summed E-state index contributed by atoms with van der Waals surface area (Å²) in [5.74, 6) is 0.102. The van der Waals surface area contributed by atoms with E-state index in [1.807, 2.05) is 18.2 Å². The van der Waals surface area contributed by atoms with E-state index in [0.29, 0.717) is 5.75 Å². The molecular formula is C20H22N2O6S. The van der Waals surface area contributed by atoms with Crippen molar-refractivity contribution < 1.29 is 27.5 Å². The number of amides is 2. The molecule has 29 heavy (non-hydrogen) atoms. The van der Waals surface area contributed by atoms with E-state index in [1.54, 1.807) is 19.1 Å². The van der Waals surface area contributed by atoms with Crippen LogP contribution in [-0.4, -0.2) is 40.0 Å². The fourth-order valence-electron chi connectivity index (χ4n) is 2.96. The van der Waals surface area contributed by atoms with Crippen LogP contribution in [0.1, 0.15) is 19.8 Å². The van der Waals surface area contributed by atoms with Crippen LogP contribution in [0.4, 0.5) is 5.69 Å². The molecule has 1 atom stereocenters. The van der Waals surface area contributed by atoms with Gasteiger partial charge in [0.25, 0.3) is 0 Å². The lowest BCUT2D eigenvalue weighted by atomic mass is 10.2. The second kappa shape index (κ2) is 8.62. The summed E-state index contributed by atoms with van der Waals surface area (Å²) in [4.78, 5) is 25.1. The molecule has 0 spiro atoms. The Bertz CT molecular complexity index is 991. The average Bonchev–Trinajstić information content (AvgIpc) is 3.04. The van der Waals surface area contributed by atoms with Gasteiger partial charge < -0.3 is 9.47 Å². The third-order valence-electron chi connectivity index (χ3n) is 4.35. The van der Waals surface area contributed by atoms with Crippen molar-refractivity contribution >= 4 is 27.5 Å². The fraction of sp³-hybridized carbons (Fsp3) is 0.300. The maximum Gasteiger partial charge on any atom is 0.241 e. The summed E-state index contributed by atoms with van der Waals surface area (Å²) in [6, 6.07) is 12.6. The van der Waals surface area contributed by atoms with Gasteiger partial charge in [-0.2, -0.15) is 0 Å². The monoisotopic (exact) mass is 418 g/mol. The van der Waals surface area contributed by atoms with Gasteiger partial charge in [0.15, 0.2) is 0 Å². The number of carbonyl (C=O) groups is 2. The van der Waals surface area contributed by atoms with Gasteiger partial charge in [0.2, 0.25) is 21.8 Å². The van der Waals surface area contributed by atoms with Crippen LogP contribution in [0.5, 0.6) is 11.5 Å². The molecule has 2 aromatic carbocycles. The van der Waals surface area contributed by atoms with Crippen LogP contribution in [0.3, 0.4) is 0 Å². The maximum absolute atomic E-state index is 12.8. The Morgan fingerprint density at radius 3 is 2.34 bits per heavy atom. The largest absolute Gasteiger partial charge is 0.495 e. The molecule has 0 saturated carbocycles. The summed E-state index contributed by atoms with van der Waals surface area (Å²) >= 11 is 0. The lowest BCUT2D eigenvalue weighted by Gasteiger charge is -2.19. The lowest BCUT2D eigenvalue weighted by molar-refractivity contribution is -0.121. The number of imide groups is 1. The van der Waals surface area contributed by atoms with Crippen molar-refractivity contribution in [1.82, 2.24) is 4.72 Å². The van der Waals surface area contributed by atoms with Crippen LogP contribution in [0.15, 0.2) is 53.4 Å². The number of hydrogen-bond donors (Lipinski definition) is 1. The number of methoxy groups -OCH3 is 1. The second-order valence-electron chi connectivity index (χ2n) is 6.60. The van der Waals surface area contributed by atoms with E-state index in [9.17, 15) is 18.0 Å². The van der Waals surface area contributed by atoms with E-state index >= 15 is 0 Å². The third-order valence-corrected chi connectivity index (χ3v) is 5.94. The van der Waals surface area contributed by atoms with Crippen LogP contribution in [-0.2, 0) is 19.6 Å². The molecule has 1 fully saturated rings. The van der Waals surface area contributed by atoms with Gasteiger partial charge in [-0.05, 0) is 37.3 Å². The molecule has 0 aliphatic carbocycles. The first-order valence-electron chi connectivity index (χ1n) is 9.06. The smallest absolute Gasteiger partial charge is 0.241 e. The Morgan fingerprint density at radius 2 is 1.72 bits per heavy atom. The van der Waals surface area contributed by atoms with Gasteiger partial charge in [0.1, 0.15) is 18.1 Å². The van der Waals surface area contributed by atoms with E-state index in [4.69, 9.17) is 9.47 Å². The van der Waals surface area contributed by atoms with Crippen molar-refractivity contribution in [1.29, 1.82) is 0 Å². The minimum Gasteiger partial charge on any atom is -0.495 e. The predicted molar refractivity (Wildman–Crippen MR) is 106 cm³/mol. The Morgan fingerprint density at radius 1 is 1.07 bits per heavy atom. The van der Waals surface area contributed by atoms with Crippen LogP contribution < -0.4 is 19.1 Å². The molecule has 2 amide bonds. The summed E-state index contributed by atoms with van der Waals surface area (Å²) < 4.78 is 38.9. The number of nitrogens with one attached hydrogen (secondary N) is 1. The van der Waals surface area contributed by atoms with Gasteiger partial charge >= 0.3 is 0 Å². The molecule has 1 unspecified atom stereocenters. The number of para-hydroxylation sites is 1. The summed E-state index contributed by atoms with van der Waals surface area (Å²) in [5, 5.41) is 0. The second-order valence-corrected chi connectivity index (χ2v) is 8.32. The average molecular weight is 418 g/mol. The van der Waals surface area contributed by atoms with E-state index in [1.165, 1.54) is 25.3 Å². The van der Waals surface area contributed by atoms with Crippen LogP contribution in [0.25, 0.3) is 0 Å². The molecule has 1 N–H and O–H groups in total. The standard InChI is InChI=1S/C20H22N2O6S/c1-14(13-28-15-6-4-3-5-7-15)21-29(25,26)16-8-9-18(27-2)17(12-16)22-19(23)10-11-20(22)24/h3-9,12,14,21H,10-11,13H2,1-2H3. The number of carbonyl (C=O) groups excluding carboxylic acids is 2. The van der Waals surface area contributed by atoms with Crippen molar-refractivity contribution in [2.45, 2.75) is 30.7 Å². The van der Waals surface area contributed by atoms with Crippen molar-refractivity contribution in [3.8, 4) is 11.5 Å². The van der Waals surface area contributed by atoms with Crippen molar-refractivity contribution in [2.24, 2.45) is 0 Å². The Hall–Kier alpha value is -2.91. The quantitative estimate of drug-likeness (QED) is 0.659. The zero-order valence-electron chi connectivity index (χ0n) is 16.1. The molecule has 154 valence electrons. The molecule has 0 bridgehead atoms. The number of sulfonamides is 1. The number of nitrogens with zero attached hydrogens (tertiary/aromatic N) is 1. The summed E-state index contributed by atoms with van der Waals surface area (Å²) in [5.41, 5.74) is 0.121. The molecule has 9 heteroatoms. The predicted octanol–water partition coefficient (Wildman–Crippen LogP) is 2.09. The fourth-order valence-corrected chi connectivity index (χ4v) is 4.21. The van der Waals surface area contributed by atoms with Crippen LogP contribution >= 0.6 is 0 Å². The molecule has 2 aromatic rings. The minimum atomic E-state index is -3.91. The van der Waals surface area contributed by atoms with Gasteiger partial charge in [-0.1, -0.05) is 18.2 Å². The molecule has 1 saturated heterocycles. The topological polar surface area (TPSA) is 102 Å². The summed E-state index contributed by atoms with van der Waals surface area (Å²) in [6.07, 6.45) is 0.177. The Kier molecular flexibility index (Phi) is 6.19.